The van der Waals surface area contributed by atoms with Gasteiger partial charge in [0.25, 0.3) is 0 Å². The zero-order valence-electron chi connectivity index (χ0n) is 31.5. The minimum Gasteiger partial charge on any atom is -0.465 e. The maximum absolute atomic E-state index is 13.8. The van der Waals surface area contributed by atoms with Crippen LogP contribution in [0.1, 0.15) is 63.3 Å². The summed E-state index contributed by atoms with van der Waals surface area (Å²) in [4.78, 5) is 70.2. The zero-order valence-corrected chi connectivity index (χ0v) is 31.5. The molecule has 0 bridgehead atoms. The first-order valence-electron chi connectivity index (χ1n) is 18.8. The van der Waals surface area contributed by atoms with Gasteiger partial charge in [-0.3, -0.25) is 14.3 Å². The maximum atomic E-state index is 13.8. The number of rotatable bonds is 12. The summed E-state index contributed by atoms with van der Waals surface area (Å²) >= 11 is 0. The number of imidazole rings is 2. The molecule has 4 amide bonds. The molecule has 5 heterocycles. The molecule has 292 valence electrons. The molecule has 56 heavy (non-hydrogen) atoms. The summed E-state index contributed by atoms with van der Waals surface area (Å²) in [6.45, 7) is 4.92. The Labute approximate surface area is 323 Å². The zero-order chi connectivity index (χ0) is 39.3. The lowest BCUT2D eigenvalue weighted by molar-refractivity contribution is -0.136. The van der Waals surface area contributed by atoms with E-state index in [0.29, 0.717) is 24.7 Å². The number of carbonyl (C=O) groups is 4. The van der Waals surface area contributed by atoms with Crippen LogP contribution in [0.15, 0.2) is 79.4 Å². The van der Waals surface area contributed by atoms with Gasteiger partial charge in [-0.05, 0) is 59.9 Å². The highest BCUT2D eigenvalue weighted by molar-refractivity contribution is 5.87. The third-order valence-electron chi connectivity index (χ3n) is 10.5. The van der Waals surface area contributed by atoms with E-state index in [4.69, 9.17) is 4.74 Å². The Morgan fingerprint density at radius 2 is 1.32 bits per heavy atom. The molecule has 2 aliphatic heterocycles. The van der Waals surface area contributed by atoms with Gasteiger partial charge in [0, 0.05) is 25.5 Å². The van der Waals surface area contributed by atoms with Gasteiger partial charge in [-0.2, -0.15) is 5.10 Å². The van der Waals surface area contributed by atoms with Crippen molar-refractivity contribution in [3.05, 3.63) is 91.0 Å². The Hall–Kier alpha value is -6.45. The van der Waals surface area contributed by atoms with Crippen LogP contribution in [0.2, 0.25) is 0 Å². The number of carboxylic acid groups (broad SMARTS) is 1. The number of aromatic nitrogens is 6. The Morgan fingerprint density at radius 3 is 1.79 bits per heavy atom. The summed E-state index contributed by atoms with van der Waals surface area (Å²) in [5.74, 6) is 0.716. The number of hydrogen-bond donors (Lipinski definition) is 5. The van der Waals surface area contributed by atoms with Crippen LogP contribution >= 0.6 is 0 Å². The first kappa shape index (κ1) is 37.8. The number of carbonyl (C=O) groups excluding carboxylic acids is 3. The molecular weight excluding hydrogens is 717 g/mol. The number of likely N-dealkylation sites (tertiary alicyclic amines) is 2. The number of hydrogen-bond acceptors (Lipinski definition) is 8. The molecule has 0 radical (unpaired) electrons. The van der Waals surface area contributed by atoms with Crippen LogP contribution in [0, 0.1) is 5.92 Å². The van der Waals surface area contributed by atoms with Crippen molar-refractivity contribution >= 4 is 24.0 Å². The third kappa shape index (κ3) is 8.13. The minimum atomic E-state index is -1.22. The van der Waals surface area contributed by atoms with E-state index in [1.807, 2.05) is 38.1 Å². The summed E-state index contributed by atoms with van der Waals surface area (Å²) in [7, 11) is 1.27. The average molecular weight is 763 g/mol. The molecule has 16 heteroatoms. The Kier molecular flexibility index (Phi) is 11.2. The molecular formula is C40H46N10O6. The van der Waals surface area contributed by atoms with Crippen molar-refractivity contribution in [1.82, 2.24) is 50.1 Å². The van der Waals surface area contributed by atoms with Crippen molar-refractivity contribution in [1.29, 1.82) is 0 Å². The molecule has 0 unspecified atom stereocenters. The number of H-pyrrole nitrogens is 2. The minimum absolute atomic E-state index is 0.172. The van der Waals surface area contributed by atoms with Gasteiger partial charge in [0.15, 0.2) is 0 Å². The Bertz CT molecular complexity index is 2140. The number of methoxy groups -OCH3 is 1. The van der Waals surface area contributed by atoms with Gasteiger partial charge < -0.3 is 40.2 Å². The van der Waals surface area contributed by atoms with Crippen molar-refractivity contribution in [3.8, 4) is 33.6 Å². The third-order valence-corrected chi connectivity index (χ3v) is 10.5. The maximum Gasteiger partial charge on any atom is 0.407 e. The molecule has 5 N–H and O–H groups in total. The second-order valence-electron chi connectivity index (χ2n) is 14.5. The molecule has 4 atom stereocenters. The summed E-state index contributed by atoms with van der Waals surface area (Å²) in [5, 5.41) is 18.5. The fourth-order valence-electron chi connectivity index (χ4n) is 7.63. The summed E-state index contributed by atoms with van der Waals surface area (Å²) in [6, 6.07) is 15.9. The lowest BCUT2D eigenvalue weighted by Crippen LogP contribution is -2.50. The Balaban J connectivity index is 1.00. The van der Waals surface area contributed by atoms with E-state index in [-0.39, 0.29) is 36.4 Å². The van der Waals surface area contributed by atoms with Crippen LogP contribution in [0.5, 0.6) is 0 Å². The number of nitrogens with one attached hydrogen (secondary N) is 4. The summed E-state index contributed by atoms with van der Waals surface area (Å²) in [5.41, 5.74) is 5.63. The average Bonchev–Trinajstić information content (AvgIpc) is 4.05. The molecule has 2 aromatic carbocycles. The first-order valence-corrected chi connectivity index (χ1v) is 18.8. The van der Waals surface area contributed by atoms with E-state index in [9.17, 15) is 24.3 Å². The smallest absolute Gasteiger partial charge is 0.407 e. The summed E-state index contributed by atoms with van der Waals surface area (Å²) < 4.78 is 6.39. The van der Waals surface area contributed by atoms with Crippen molar-refractivity contribution in [2.24, 2.45) is 5.92 Å². The highest BCUT2D eigenvalue weighted by Gasteiger charge is 2.38. The van der Waals surface area contributed by atoms with Crippen molar-refractivity contribution in [3.63, 3.8) is 0 Å². The van der Waals surface area contributed by atoms with Crippen LogP contribution in [-0.4, -0.2) is 101 Å². The van der Waals surface area contributed by atoms with Gasteiger partial charge in [-0.25, -0.2) is 19.6 Å². The van der Waals surface area contributed by atoms with E-state index in [1.165, 1.54) is 7.11 Å². The fourth-order valence-corrected chi connectivity index (χ4v) is 7.63. The van der Waals surface area contributed by atoms with Crippen LogP contribution in [0.25, 0.3) is 33.6 Å². The van der Waals surface area contributed by atoms with Gasteiger partial charge in [-0.15, -0.1) is 0 Å². The van der Waals surface area contributed by atoms with Gasteiger partial charge >= 0.3 is 12.2 Å². The molecule has 0 spiro atoms. The van der Waals surface area contributed by atoms with Crippen LogP contribution in [0.3, 0.4) is 0 Å². The lowest BCUT2D eigenvalue weighted by atomic mass is 10.0. The predicted octanol–water partition coefficient (Wildman–Crippen LogP) is 5.37. The number of benzene rings is 2. The largest absolute Gasteiger partial charge is 0.465 e. The van der Waals surface area contributed by atoms with Crippen molar-refractivity contribution in [2.45, 2.75) is 70.2 Å². The highest BCUT2D eigenvalue weighted by atomic mass is 16.5. The topological polar surface area (TPSA) is 203 Å². The van der Waals surface area contributed by atoms with Crippen LogP contribution < -0.4 is 10.6 Å². The number of nitrogens with zero attached hydrogens (tertiary/aromatic N) is 6. The fraction of sp³-hybridized carbons (Fsp3) is 0.375. The van der Waals surface area contributed by atoms with E-state index in [2.05, 4.69) is 59.9 Å². The molecule has 7 rings (SSSR count). The van der Waals surface area contributed by atoms with Crippen LogP contribution in [-0.2, 0) is 20.9 Å². The molecule has 2 aliphatic rings. The molecule has 2 saturated heterocycles. The van der Waals surface area contributed by atoms with Gasteiger partial charge in [0.2, 0.25) is 11.8 Å². The summed E-state index contributed by atoms with van der Waals surface area (Å²) in [6.07, 6.45) is 8.11. The highest BCUT2D eigenvalue weighted by Crippen LogP contribution is 2.35. The number of amides is 4. The van der Waals surface area contributed by atoms with E-state index >= 15 is 0 Å². The lowest BCUT2D eigenvalue weighted by Gasteiger charge is -2.29. The van der Waals surface area contributed by atoms with E-state index in [1.54, 1.807) is 45.3 Å². The molecule has 2 fully saturated rings. The molecule has 0 saturated carbocycles. The van der Waals surface area contributed by atoms with Gasteiger partial charge in [-0.1, -0.05) is 62.4 Å². The van der Waals surface area contributed by atoms with E-state index in [0.717, 1.165) is 59.3 Å². The molecule has 16 nitrogen and oxygen atoms in total. The number of ether oxygens (including phenoxy) is 1. The monoisotopic (exact) mass is 762 g/mol. The first-order chi connectivity index (χ1) is 27.1. The quantitative estimate of drug-likeness (QED) is 0.111. The van der Waals surface area contributed by atoms with E-state index < -0.39 is 24.3 Å². The van der Waals surface area contributed by atoms with Crippen molar-refractivity contribution < 1.29 is 29.0 Å². The second kappa shape index (κ2) is 16.5. The number of aromatic amines is 2. The van der Waals surface area contributed by atoms with Gasteiger partial charge in [0.05, 0.1) is 49.5 Å². The molecule has 3 aromatic heterocycles. The second-order valence-corrected chi connectivity index (χ2v) is 14.5. The number of alkyl carbamates (subject to hydrolysis) is 1. The standard InChI is InChI=1S/C40H46N10O6/c1-24(2)34(47-39(53)54)38(52)50-20-5-8-33(50)36-42-22-30(45-36)28-15-11-26(12-16-28)25-9-13-27(14-10-25)29-21-41-35(44-29)32-7-4-19-49(32)37(51)31(46-40(55)56-3)23-48-18-6-17-43-48/h6,9-18,21-22,24,31-34,47H,4-5,7-8,19-20,23H2,1-3H3,(H,41,44)(H,42,45)(H,46,55)(H,53,54)/t31-,32-,33-,34-/m0/s1. The normalized spacial score (nSPS) is 17.9. The predicted molar refractivity (Wildman–Crippen MR) is 206 cm³/mol. The molecule has 0 aliphatic carbocycles. The van der Waals surface area contributed by atoms with Gasteiger partial charge in [0.1, 0.15) is 23.7 Å². The Morgan fingerprint density at radius 1 is 0.804 bits per heavy atom. The van der Waals surface area contributed by atoms with Crippen molar-refractivity contribution in [2.75, 3.05) is 20.2 Å². The SMILES string of the molecule is COC(=O)N[C@@H](Cn1cccn1)C(=O)N1CCC[C@H]1c1ncc(-c2ccc(-c3ccc(-c4cnc([C@@H]5CCCN5C(=O)[C@@H](NC(=O)O)C(C)C)[nH]4)cc3)cc2)[nH]1. The molecule has 5 aromatic rings. The van der Waals surface area contributed by atoms with Crippen LogP contribution in [0.4, 0.5) is 9.59 Å².